The molecule has 138 valence electrons. The Morgan fingerprint density at radius 2 is 2.08 bits per heavy atom. The lowest BCUT2D eigenvalue weighted by Crippen LogP contribution is -2.32. The fourth-order valence-electron chi connectivity index (χ4n) is 3.20. The molecule has 2 heterocycles. The van der Waals surface area contributed by atoms with Gasteiger partial charge in [0.05, 0.1) is 16.6 Å². The second-order valence-electron chi connectivity index (χ2n) is 6.35. The molecule has 2 aliphatic rings. The van der Waals surface area contributed by atoms with Gasteiger partial charge in [0, 0.05) is 31.1 Å². The van der Waals surface area contributed by atoms with E-state index in [1.54, 1.807) is 17.0 Å². The van der Waals surface area contributed by atoms with E-state index in [1.807, 2.05) is 6.26 Å². The van der Waals surface area contributed by atoms with Gasteiger partial charge in [-0.15, -0.1) is 11.8 Å². The Hall–Kier alpha value is -1.09. The minimum atomic E-state index is -3.66. The zero-order valence-corrected chi connectivity index (χ0v) is 16.0. The number of nitrogens with one attached hydrogen (secondary N) is 1. The molecule has 3 rings (SSSR count). The molecule has 0 aliphatic carbocycles. The zero-order valence-electron chi connectivity index (χ0n) is 14.4. The normalized spacial score (nSPS) is 21.0. The third-order valence-corrected chi connectivity index (χ3v) is 6.85. The van der Waals surface area contributed by atoms with Gasteiger partial charge < -0.3 is 9.64 Å². The number of amides is 1. The van der Waals surface area contributed by atoms with Crippen LogP contribution in [-0.4, -0.2) is 57.8 Å². The Bertz CT molecular complexity index is 724. The van der Waals surface area contributed by atoms with E-state index in [9.17, 15) is 13.2 Å². The molecule has 2 fully saturated rings. The first-order chi connectivity index (χ1) is 12.0. The van der Waals surface area contributed by atoms with Crippen LogP contribution in [-0.2, 0) is 14.8 Å². The van der Waals surface area contributed by atoms with Gasteiger partial charge in [-0.2, -0.15) is 0 Å². The summed E-state index contributed by atoms with van der Waals surface area (Å²) < 4.78 is 33.2. The summed E-state index contributed by atoms with van der Waals surface area (Å²) in [5, 5.41) is 0. The molecular formula is C17H24N2O4S2. The number of rotatable bonds is 6. The van der Waals surface area contributed by atoms with Crippen LogP contribution in [0.4, 0.5) is 0 Å². The Kier molecular flexibility index (Phi) is 6.04. The SMILES string of the molecule is CSc1ccc(S(=O)(=O)NCC2CCCO2)cc1C(=O)N1CCCC1. The molecule has 0 radical (unpaired) electrons. The van der Waals surface area contributed by atoms with Crippen molar-refractivity contribution < 1.29 is 17.9 Å². The molecule has 0 spiro atoms. The maximum Gasteiger partial charge on any atom is 0.255 e. The highest BCUT2D eigenvalue weighted by Gasteiger charge is 2.25. The summed E-state index contributed by atoms with van der Waals surface area (Å²) in [4.78, 5) is 15.5. The summed E-state index contributed by atoms with van der Waals surface area (Å²) in [6, 6.07) is 4.78. The summed E-state index contributed by atoms with van der Waals surface area (Å²) in [6.45, 7) is 2.42. The molecule has 1 amide bonds. The van der Waals surface area contributed by atoms with Gasteiger partial charge >= 0.3 is 0 Å². The summed E-state index contributed by atoms with van der Waals surface area (Å²) in [7, 11) is -3.66. The lowest BCUT2D eigenvalue weighted by molar-refractivity contribution is 0.0789. The topological polar surface area (TPSA) is 75.7 Å². The monoisotopic (exact) mass is 384 g/mol. The first-order valence-corrected chi connectivity index (χ1v) is 11.3. The number of carbonyl (C=O) groups excluding carboxylic acids is 1. The van der Waals surface area contributed by atoms with Crippen molar-refractivity contribution in [2.24, 2.45) is 0 Å². The first kappa shape index (κ1) is 18.7. The Labute approximate surface area is 153 Å². The fraction of sp³-hybridized carbons (Fsp3) is 0.588. The van der Waals surface area contributed by atoms with E-state index in [0.29, 0.717) is 12.2 Å². The van der Waals surface area contributed by atoms with Gasteiger partial charge in [-0.05, 0) is 50.1 Å². The van der Waals surface area contributed by atoms with Crippen LogP contribution in [0.25, 0.3) is 0 Å². The number of sulfonamides is 1. The van der Waals surface area contributed by atoms with E-state index in [1.165, 1.54) is 17.8 Å². The molecule has 2 saturated heterocycles. The average molecular weight is 385 g/mol. The molecule has 1 aromatic carbocycles. The van der Waals surface area contributed by atoms with Crippen molar-refractivity contribution in [2.75, 3.05) is 32.5 Å². The molecular weight excluding hydrogens is 360 g/mol. The number of benzene rings is 1. The van der Waals surface area contributed by atoms with Crippen molar-refractivity contribution in [1.29, 1.82) is 0 Å². The zero-order chi connectivity index (χ0) is 17.9. The van der Waals surface area contributed by atoms with Crippen LogP contribution in [0.15, 0.2) is 28.0 Å². The third kappa shape index (κ3) is 4.36. The second kappa shape index (κ2) is 8.07. The van der Waals surface area contributed by atoms with Gasteiger partial charge in [0.1, 0.15) is 0 Å². The smallest absolute Gasteiger partial charge is 0.255 e. The molecule has 0 aromatic heterocycles. The lowest BCUT2D eigenvalue weighted by atomic mass is 10.2. The van der Waals surface area contributed by atoms with Gasteiger partial charge in [0.2, 0.25) is 10.0 Å². The van der Waals surface area contributed by atoms with Crippen LogP contribution >= 0.6 is 11.8 Å². The lowest BCUT2D eigenvalue weighted by Gasteiger charge is -2.18. The molecule has 1 aromatic rings. The van der Waals surface area contributed by atoms with Crippen molar-refractivity contribution >= 4 is 27.7 Å². The van der Waals surface area contributed by atoms with Crippen LogP contribution in [0, 0.1) is 0 Å². The maximum atomic E-state index is 12.8. The standard InChI is InChI=1S/C17H24N2O4S2/c1-24-16-7-6-14(11-15(16)17(20)19-8-2-3-9-19)25(21,22)18-12-13-5-4-10-23-13/h6-7,11,13,18H,2-5,8-10,12H2,1H3. The van der Waals surface area contributed by atoms with Crippen LogP contribution in [0.1, 0.15) is 36.0 Å². The predicted molar refractivity (Wildman–Crippen MR) is 97.5 cm³/mol. The minimum Gasteiger partial charge on any atom is -0.377 e. The van der Waals surface area contributed by atoms with Gasteiger partial charge in [-0.3, -0.25) is 4.79 Å². The highest BCUT2D eigenvalue weighted by Crippen LogP contribution is 2.26. The number of carbonyl (C=O) groups is 1. The third-order valence-electron chi connectivity index (χ3n) is 4.63. The molecule has 6 nitrogen and oxygen atoms in total. The number of nitrogens with zero attached hydrogens (tertiary/aromatic N) is 1. The van der Waals surface area contributed by atoms with Gasteiger partial charge in [-0.1, -0.05) is 0 Å². The molecule has 1 atom stereocenters. The number of ether oxygens (including phenoxy) is 1. The van der Waals surface area contributed by atoms with Crippen LogP contribution in [0.2, 0.25) is 0 Å². The quantitative estimate of drug-likeness (QED) is 0.760. The molecule has 25 heavy (non-hydrogen) atoms. The second-order valence-corrected chi connectivity index (χ2v) is 8.96. The van der Waals surface area contributed by atoms with E-state index in [0.717, 1.165) is 43.7 Å². The van der Waals surface area contributed by atoms with Crippen molar-refractivity contribution in [2.45, 2.75) is 41.6 Å². The summed E-state index contributed by atoms with van der Waals surface area (Å²) >= 11 is 1.45. The van der Waals surface area contributed by atoms with E-state index in [4.69, 9.17) is 4.74 Å². The Balaban J connectivity index is 1.80. The maximum absolute atomic E-state index is 12.8. The fourth-order valence-corrected chi connectivity index (χ4v) is 4.87. The highest BCUT2D eigenvalue weighted by atomic mass is 32.2. The van der Waals surface area contributed by atoms with Gasteiger partial charge in [0.25, 0.3) is 5.91 Å². The van der Waals surface area contributed by atoms with Gasteiger partial charge in [0.15, 0.2) is 0 Å². The van der Waals surface area contributed by atoms with Crippen molar-refractivity contribution in [3.8, 4) is 0 Å². The van der Waals surface area contributed by atoms with E-state index in [-0.39, 0.29) is 23.5 Å². The van der Waals surface area contributed by atoms with Crippen molar-refractivity contribution in [3.63, 3.8) is 0 Å². The number of likely N-dealkylation sites (tertiary alicyclic amines) is 1. The van der Waals surface area contributed by atoms with E-state index < -0.39 is 10.0 Å². The van der Waals surface area contributed by atoms with E-state index >= 15 is 0 Å². The molecule has 1 unspecified atom stereocenters. The Morgan fingerprint density at radius 3 is 2.72 bits per heavy atom. The highest BCUT2D eigenvalue weighted by molar-refractivity contribution is 7.98. The molecule has 0 saturated carbocycles. The molecule has 1 N–H and O–H groups in total. The van der Waals surface area contributed by atoms with Crippen LogP contribution < -0.4 is 4.72 Å². The largest absolute Gasteiger partial charge is 0.377 e. The van der Waals surface area contributed by atoms with Crippen LogP contribution in [0.5, 0.6) is 0 Å². The molecule has 0 bridgehead atoms. The Morgan fingerprint density at radius 1 is 1.32 bits per heavy atom. The average Bonchev–Trinajstić information content (AvgIpc) is 3.32. The summed E-state index contributed by atoms with van der Waals surface area (Å²) in [6.07, 6.45) is 5.66. The number of thioether (sulfide) groups is 1. The number of hydrogen-bond donors (Lipinski definition) is 1. The predicted octanol–water partition coefficient (Wildman–Crippen LogP) is 2.10. The van der Waals surface area contributed by atoms with E-state index in [2.05, 4.69) is 4.72 Å². The summed E-state index contributed by atoms with van der Waals surface area (Å²) in [5.74, 6) is -0.0852. The number of hydrogen-bond acceptors (Lipinski definition) is 5. The molecule has 2 aliphatic heterocycles. The van der Waals surface area contributed by atoms with Crippen molar-refractivity contribution in [3.05, 3.63) is 23.8 Å². The molecule has 8 heteroatoms. The van der Waals surface area contributed by atoms with Crippen molar-refractivity contribution in [1.82, 2.24) is 9.62 Å². The van der Waals surface area contributed by atoms with Gasteiger partial charge in [-0.25, -0.2) is 13.1 Å². The first-order valence-electron chi connectivity index (χ1n) is 8.60. The minimum absolute atomic E-state index is 0.0639. The van der Waals surface area contributed by atoms with Crippen LogP contribution in [0.3, 0.4) is 0 Å². The summed E-state index contributed by atoms with van der Waals surface area (Å²) in [5.41, 5.74) is 0.467.